The lowest BCUT2D eigenvalue weighted by Gasteiger charge is -2.16. The fourth-order valence-corrected chi connectivity index (χ4v) is 0.627. The van der Waals surface area contributed by atoms with Crippen molar-refractivity contribution in [3.8, 4) is 0 Å². The van der Waals surface area contributed by atoms with Crippen LogP contribution in [-0.4, -0.2) is 39.9 Å². The first kappa shape index (κ1) is 17.2. The number of aliphatic hydroxyl groups is 4. The van der Waals surface area contributed by atoms with E-state index in [9.17, 15) is 0 Å². The first-order valence-corrected chi connectivity index (χ1v) is 5.47. The Bertz CT molecular complexity index is 118. The minimum absolute atomic E-state index is 0.0451. The van der Waals surface area contributed by atoms with Crippen LogP contribution in [-0.2, 0) is 0 Å². The average molecular weight is 222 g/mol. The molecule has 15 heavy (non-hydrogen) atoms. The van der Waals surface area contributed by atoms with Crippen LogP contribution >= 0.6 is 0 Å². The van der Waals surface area contributed by atoms with E-state index in [1.807, 2.05) is 0 Å². The van der Waals surface area contributed by atoms with Crippen LogP contribution in [0.2, 0.25) is 0 Å². The molecule has 0 aromatic heterocycles. The average Bonchev–Trinajstić information content (AvgIpc) is 2.19. The number of hydrogen-bond donors (Lipinski definition) is 4. The quantitative estimate of drug-likeness (QED) is 0.397. The molecule has 0 heterocycles. The van der Waals surface area contributed by atoms with Crippen molar-refractivity contribution in [3.63, 3.8) is 0 Å². The van der Waals surface area contributed by atoms with Crippen molar-refractivity contribution in [1.29, 1.82) is 0 Å². The molecule has 4 nitrogen and oxygen atoms in total. The van der Waals surface area contributed by atoms with Crippen LogP contribution in [0, 0.1) is 5.41 Å². The zero-order valence-corrected chi connectivity index (χ0v) is 10.1. The van der Waals surface area contributed by atoms with Crippen molar-refractivity contribution in [1.82, 2.24) is 0 Å². The van der Waals surface area contributed by atoms with Gasteiger partial charge in [-0.15, -0.1) is 0 Å². The van der Waals surface area contributed by atoms with Gasteiger partial charge in [0.25, 0.3) is 0 Å². The Labute approximate surface area is 92.6 Å². The van der Waals surface area contributed by atoms with Crippen molar-refractivity contribution >= 4 is 0 Å². The predicted molar refractivity (Wildman–Crippen MR) is 60.3 cm³/mol. The zero-order chi connectivity index (χ0) is 12.3. The van der Waals surface area contributed by atoms with Crippen LogP contribution in [0.4, 0.5) is 0 Å². The second-order valence-corrected chi connectivity index (χ2v) is 4.46. The number of aliphatic hydroxyl groups excluding tert-OH is 3. The fraction of sp³-hybridized carbons (Fsp3) is 1.00. The molecule has 0 aromatic carbocycles. The Morgan fingerprint density at radius 2 is 1.47 bits per heavy atom. The molecule has 4 heteroatoms. The predicted octanol–water partition coefficient (Wildman–Crippen LogP) is 0.875. The van der Waals surface area contributed by atoms with E-state index in [1.165, 1.54) is 0 Å². The van der Waals surface area contributed by atoms with E-state index in [4.69, 9.17) is 20.4 Å². The van der Waals surface area contributed by atoms with Gasteiger partial charge in [0.2, 0.25) is 0 Å². The minimum atomic E-state index is -1.10. The molecule has 0 rings (SSSR count). The molecule has 0 aliphatic heterocycles. The molecule has 0 spiro atoms. The molecule has 0 saturated heterocycles. The lowest BCUT2D eigenvalue weighted by Crippen LogP contribution is -2.20. The molecule has 0 fully saturated rings. The monoisotopic (exact) mass is 222 g/mol. The summed E-state index contributed by atoms with van der Waals surface area (Å²) < 4.78 is 0. The van der Waals surface area contributed by atoms with Crippen LogP contribution < -0.4 is 0 Å². The highest BCUT2D eigenvalue weighted by atomic mass is 16.5. The summed E-state index contributed by atoms with van der Waals surface area (Å²) in [5, 5.41) is 33.5. The van der Waals surface area contributed by atoms with Crippen molar-refractivity contribution < 1.29 is 20.4 Å². The maximum Gasteiger partial charge on any atom is 0.151 e. The summed E-state index contributed by atoms with van der Waals surface area (Å²) in [6, 6.07) is 0. The highest BCUT2D eigenvalue weighted by Gasteiger charge is 2.13. The third kappa shape index (κ3) is 16.5. The van der Waals surface area contributed by atoms with Gasteiger partial charge in [-0.1, -0.05) is 33.6 Å². The van der Waals surface area contributed by atoms with Crippen LogP contribution in [0.25, 0.3) is 0 Å². The Morgan fingerprint density at radius 1 is 1.00 bits per heavy atom. The fourth-order valence-electron chi connectivity index (χ4n) is 0.627. The maximum absolute atomic E-state index is 8.43. The van der Waals surface area contributed by atoms with Gasteiger partial charge in [-0.25, -0.2) is 0 Å². The molecule has 0 bridgehead atoms. The Balaban J connectivity index is 0. The standard InChI is InChI=1S/C6H14O2.C5H12O2/c1-2-3-4-5-6(7)8;1-5(2,3-6)4-7/h6-8H,2-5H2,1H3;6-7H,3-4H2,1-2H3. The van der Waals surface area contributed by atoms with E-state index < -0.39 is 6.29 Å². The SMILES string of the molecule is CC(C)(CO)CO.CCCCCC(O)O. The van der Waals surface area contributed by atoms with Crippen LogP contribution in [0.15, 0.2) is 0 Å². The highest BCUT2D eigenvalue weighted by Crippen LogP contribution is 2.10. The van der Waals surface area contributed by atoms with Crippen LogP contribution in [0.1, 0.15) is 46.5 Å². The van der Waals surface area contributed by atoms with E-state index in [2.05, 4.69) is 6.92 Å². The van der Waals surface area contributed by atoms with E-state index in [-0.39, 0.29) is 18.6 Å². The lowest BCUT2D eigenvalue weighted by molar-refractivity contribution is -0.0465. The first-order valence-electron chi connectivity index (χ1n) is 5.47. The molecule has 0 unspecified atom stereocenters. The molecule has 0 aromatic rings. The zero-order valence-electron chi connectivity index (χ0n) is 10.1. The van der Waals surface area contributed by atoms with Gasteiger partial charge < -0.3 is 20.4 Å². The van der Waals surface area contributed by atoms with Gasteiger partial charge in [0, 0.05) is 5.41 Å². The summed E-state index contributed by atoms with van der Waals surface area (Å²) in [6.07, 6.45) is 2.58. The van der Waals surface area contributed by atoms with E-state index in [0.29, 0.717) is 6.42 Å². The van der Waals surface area contributed by atoms with Gasteiger partial charge in [0.1, 0.15) is 0 Å². The molecule has 0 radical (unpaired) electrons. The third-order valence-corrected chi connectivity index (χ3v) is 1.92. The van der Waals surface area contributed by atoms with E-state index in [0.717, 1.165) is 19.3 Å². The highest BCUT2D eigenvalue weighted by molar-refractivity contribution is 4.62. The normalized spacial score (nSPS) is 11.2. The molecule has 0 atom stereocenters. The summed E-state index contributed by atoms with van der Waals surface area (Å²) >= 11 is 0. The van der Waals surface area contributed by atoms with Crippen molar-refractivity contribution in [2.24, 2.45) is 5.41 Å². The van der Waals surface area contributed by atoms with Gasteiger partial charge in [-0.3, -0.25) is 0 Å². The Morgan fingerprint density at radius 3 is 1.67 bits per heavy atom. The summed E-state index contributed by atoms with van der Waals surface area (Å²) in [4.78, 5) is 0. The number of rotatable bonds is 6. The second kappa shape index (κ2) is 10.4. The molecule has 94 valence electrons. The number of unbranched alkanes of at least 4 members (excludes halogenated alkanes) is 2. The summed E-state index contributed by atoms with van der Waals surface area (Å²) in [6.45, 7) is 5.77. The van der Waals surface area contributed by atoms with Crippen molar-refractivity contribution in [3.05, 3.63) is 0 Å². The van der Waals surface area contributed by atoms with E-state index >= 15 is 0 Å². The summed E-state index contributed by atoms with van der Waals surface area (Å²) in [7, 11) is 0. The minimum Gasteiger partial charge on any atom is -0.396 e. The molecule has 0 amide bonds. The van der Waals surface area contributed by atoms with Gasteiger partial charge in [0.15, 0.2) is 6.29 Å². The van der Waals surface area contributed by atoms with Crippen molar-refractivity contribution in [2.75, 3.05) is 13.2 Å². The molecule has 0 aliphatic rings. The van der Waals surface area contributed by atoms with Crippen molar-refractivity contribution in [2.45, 2.75) is 52.7 Å². The number of hydrogen-bond acceptors (Lipinski definition) is 4. The van der Waals surface area contributed by atoms with Crippen LogP contribution in [0.5, 0.6) is 0 Å². The molecule has 4 N–H and O–H groups in total. The Kier molecular flexibility index (Phi) is 11.9. The Hall–Kier alpha value is -0.160. The molecular formula is C11H26O4. The largest absolute Gasteiger partial charge is 0.396 e. The van der Waals surface area contributed by atoms with Gasteiger partial charge in [0.05, 0.1) is 13.2 Å². The first-order chi connectivity index (χ1) is 6.89. The molecule has 0 saturated carbocycles. The summed E-state index contributed by atoms with van der Waals surface area (Å²) in [5.41, 5.74) is -0.306. The smallest absolute Gasteiger partial charge is 0.151 e. The van der Waals surface area contributed by atoms with Gasteiger partial charge in [-0.05, 0) is 12.8 Å². The third-order valence-electron chi connectivity index (χ3n) is 1.92. The maximum atomic E-state index is 8.43. The second-order valence-electron chi connectivity index (χ2n) is 4.46. The van der Waals surface area contributed by atoms with Gasteiger partial charge >= 0.3 is 0 Å². The van der Waals surface area contributed by atoms with Crippen LogP contribution in [0.3, 0.4) is 0 Å². The molecular weight excluding hydrogens is 196 g/mol. The molecule has 0 aliphatic carbocycles. The van der Waals surface area contributed by atoms with Gasteiger partial charge in [-0.2, -0.15) is 0 Å². The topological polar surface area (TPSA) is 80.9 Å². The lowest BCUT2D eigenvalue weighted by atomic mass is 9.97. The van der Waals surface area contributed by atoms with E-state index in [1.54, 1.807) is 13.8 Å². The summed E-state index contributed by atoms with van der Waals surface area (Å²) in [5.74, 6) is 0.